The van der Waals surface area contributed by atoms with Crippen LogP contribution in [0.15, 0.2) is 48.5 Å². The molecule has 160 valence electrons. The Hall–Kier alpha value is -2.41. The van der Waals surface area contributed by atoms with Crippen molar-refractivity contribution in [2.75, 3.05) is 33.2 Å². The molecule has 1 atom stereocenters. The minimum Gasteiger partial charge on any atom is -0.350 e. The fourth-order valence-corrected chi connectivity index (χ4v) is 3.65. The molecule has 7 heteroatoms. The van der Waals surface area contributed by atoms with Gasteiger partial charge in [-0.2, -0.15) is 0 Å². The van der Waals surface area contributed by atoms with Gasteiger partial charge in [0.25, 0.3) is 5.91 Å². The molecule has 1 aliphatic heterocycles. The van der Waals surface area contributed by atoms with Crippen molar-refractivity contribution in [1.82, 2.24) is 20.4 Å². The zero-order valence-electron chi connectivity index (χ0n) is 17.5. The SMILES string of the molecule is CC(NC(=O)c1ccccc1Cl)C(=O)NCc1cccc(CN2CCN(C)CC2)c1. The molecule has 1 saturated heterocycles. The molecule has 2 N–H and O–H groups in total. The number of halogens is 1. The number of hydrogen-bond donors (Lipinski definition) is 2. The third-order valence-corrected chi connectivity index (χ3v) is 5.65. The second kappa shape index (κ2) is 10.6. The molecule has 2 aromatic rings. The van der Waals surface area contributed by atoms with Crippen LogP contribution in [-0.2, 0) is 17.9 Å². The molecule has 30 heavy (non-hydrogen) atoms. The maximum Gasteiger partial charge on any atom is 0.253 e. The van der Waals surface area contributed by atoms with Crippen molar-refractivity contribution in [2.45, 2.75) is 26.1 Å². The summed E-state index contributed by atoms with van der Waals surface area (Å²) >= 11 is 6.05. The van der Waals surface area contributed by atoms with Gasteiger partial charge in [0.05, 0.1) is 10.6 Å². The Morgan fingerprint density at radius 2 is 1.73 bits per heavy atom. The van der Waals surface area contributed by atoms with Crippen LogP contribution in [0.25, 0.3) is 0 Å². The maximum absolute atomic E-state index is 12.4. The number of carbonyl (C=O) groups excluding carboxylic acids is 2. The first-order chi connectivity index (χ1) is 14.4. The lowest BCUT2D eigenvalue weighted by Gasteiger charge is -2.32. The third kappa shape index (κ3) is 6.29. The van der Waals surface area contributed by atoms with Crippen molar-refractivity contribution in [1.29, 1.82) is 0 Å². The Kier molecular flexibility index (Phi) is 7.85. The summed E-state index contributed by atoms with van der Waals surface area (Å²) in [5.74, 6) is -0.600. The van der Waals surface area contributed by atoms with E-state index in [1.165, 1.54) is 5.56 Å². The van der Waals surface area contributed by atoms with Gasteiger partial charge in [0.2, 0.25) is 5.91 Å². The van der Waals surface area contributed by atoms with E-state index in [0.29, 0.717) is 17.1 Å². The van der Waals surface area contributed by atoms with Crippen LogP contribution in [0, 0.1) is 0 Å². The molecule has 0 aromatic heterocycles. The number of nitrogens with zero attached hydrogens (tertiary/aromatic N) is 2. The van der Waals surface area contributed by atoms with E-state index in [2.05, 4.69) is 39.6 Å². The summed E-state index contributed by atoms with van der Waals surface area (Å²) in [5.41, 5.74) is 2.64. The predicted molar refractivity (Wildman–Crippen MR) is 119 cm³/mol. The minimum absolute atomic E-state index is 0.236. The van der Waals surface area contributed by atoms with Gasteiger partial charge < -0.3 is 15.5 Å². The van der Waals surface area contributed by atoms with E-state index >= 15 is 0 Å². The van der Waals surface area contributed by atoms with Crippen LogP contribution in [0.1, 0.15) is 28.4 Å². The number of amides is 2. The Morgan fingerprint density at radius 3 is 2.47 bits per heavy atom. The molecule has 0 aliphatic carbocycles. The molecule has 6 nitrogen and oxygen atoms in total. The van der Waals surface area contributed by atoms with Gasteiger partial charge in [-0.3, -0.25) is 14.5 Å². The van der Waals surface area contributed by atoms with E-state index in [1.807, 2.05) is 12.1 Å². The fourth-order valence-electron chi connectivity index (χ4n) is 3.43. The number of nitrogens with one attached hydrogen (secondary N) is 2. The topological polar surface area (TPSA) is 64.7 Å². The van der Waals surface area contributed by atoms with Crippen LogP contribution in [0.3, 0.4) is 0 Å². The van der Waals surface area contributed by atoms with Crippen LogP contribution in [0.4, 0.5) is 0 Å². The Labute approximate surface area is 183 Å². The molecule has 0 spiro atoms. The highest BCUT2D eigenvalue weighted by Gasteiger charge is 2.18. The normalized spacial score (nSPS) is 16.1. The van der Waals surface area contributed by atoms with Gasteiger partial charge in [0.15, 0.2) is 0 Å². The molecule has 1 heterocycles. The maximum atomic E-state index is 12.4. The Morgan fingerprint density at radius 1 is 1.03 bits per heavy atom. The first kappa shape index (κ1) is 22.3. The average Bonchev–Trinajstić information content (AvgIpc) is 2.74. The first-order valence-electron chi connectivity index (χ1n) is 10.2. The van der Waals surface area contributed by atoms with Crippen molar-refractivity contribution >= 4 is 23.4 Å². The molecule has 0 saturated carbocycles. The molecule has 0 radical (unpaired) electrons. The van der Waals surface area contributed by atoms with Crippen molar-refractivity contribution in [3.8, 4) is 0 Å². The molecule has 0 bridgehead atoms. The van der Waals surface area contributed by atoms with Crippen molar-refractivity contribution in [3.05, 3.63) is 70.2 Å². The largest absolute Gasteiger partial charge is 0.350 e. The zero-order valence-corrected chi connectivity index (χ0v) is 18.3. The van der Waals surface area contributed by atoms with E-state index in [-0.39, 0.29) is 11.8 Å². The lowest BCUT2D eigenvalue weighted by molar-refractivity contribution is -0.122. The zero-order chi connectivity index (χ0) is 21.5. The second-order valence-corrected chi connectivity index (χ2v) is 8.20. The van der Waals surface area contributed by atoms with E-state index in [1.54, 1.807) is 31.2 Å². The van der Waals surface area contributed by atoms with Crippen LogP contribution >= 0.6 is 11.6 Å². The lowest BCUT2D eigenvalue weighted by atomic mass is 10.1. The highest BCUT2D eigenvalue weighted by atomic mass is 35.5. The second-order valence-electron chi connectivity index (χ2n) is 7.79. The van der Waals surface area contributed by atoms with E-state index in [9.17, 15) is 9.59 Å². The van der Waals surface area contributed by atoms with Crippen LogP contribution in [0.2, 0.25) is 5.02 Å². The smallest absolute Gasteiger partial charge is 0.253 e. The minimum atomic E-state index is -0.665. The van der Waals surface area contributed by atoms with E-state index in [0.717, 1.165) is 38.3 Å². The molecular weight excluding hydrogens is 400 g/mol. The molecule has 1 unspecified atom stereocenters. The standard InChI is InChI=1S/C23H29ClN4O2/c1-17(26-23(30)20-8-3-4-9-21(20)24)22(29)25-15-18-6-5-7-19(14-18)16-28-12-10-27(2)11-13-28/h3-9,14,17H,10-13,15-16H2,1-2H3,(H,25,29)(H,26,30). The molecule has 2 amide bonds. The van der Waals surface area contributed by atoms with Gasteiger partial charge in [-0.25, -0.2) is 0 Å². The van der Waals surface area contributed by atoms with Gasteiger partial charge in [-0.15, -0.1) is 0 Å². The van der Waals surface area contributed by atoms with Gasteiger partial charge >= 0.3 is 0 Å². The van der Waals surface area contributed by atoms with E-state index < -0.39 is 6.04 Å². The number of carbonyl (C=O) groups is 2. The third-order valence-electron chi connectivity index (χ3n) is 5.32. The van der Waals surface area contributed by atoms with Gasteiger partial charge in [-0.05, 0) is 37.2 Å². The van der Waals surface area contributed by atoms with Gasteiger partial charge in [0, 0.05) is 39.3 Å². The van der Waals surface area contributed by atoms with Crippen LogP contribution < -0.4 is 10.6 Å². The highest BCUT2D eigenvalue weighted by molar-refractivity contribution is 6.33. The summed E-state index contributed by atoms with van der Waals surface area (Å²) in [6.45, 7) is 7.32. The predicted octanol–water partition coefficient (Wildman–Crippen LogP) is 2.52. The molecule has 1 aliphatic rings. The summed E-state index contributed by atoms with van der Waals surface area (Å²) in [4.78, 5) is 29.5. The summed E-state index contributed by atoms with van der Waals surface area (Å²) in [5, 5.41) is 5.96. The monoisotopic (exact) mass is 428 g/mol. The molecule has 2 aromatic carbocycles. The Bertz CT molecular complexity index is 881. The van der Waals surface area contributed by atoms with Gasteiger partial charge in [-0.1, -0.05) is 48.0 Å². The molecule has 3 rings (SSSR count). The molecular formula is C23H29ClN4O2. The van der Waals surface area contributed by atoms with Crippen molar-refractivity contribution in [2.24, 2.45) is 0 Å². The van der Waals surface area contributed by atoms with Gasteiger partial charge in [0.1, 0.15) is 6.04 Å². The number of rotatable bonds is 7. The number of benzene rings is 2. The molecule has 1 fully saturated rings. The first-order valence-corrected chi connectivity index (χ1v) is 10.6. The number of piperazine rings is 1. The van der Waals surface area contributed by atoms with Crippen LogP contribution in [0.5, 0.6) is 0 Å². The van der Waals surface area contributed by atoms with Crippen LogP contribution in [-0.4, -0.2) is 60.9 Å². The summed E-state index contributed by atoms with van der Waals surface area (Å²) < 4.78 is 0. The number of likely N-dealkylation sites (N-methyl/N-ethyl adjacent to an activating group) is 1. The fraction of sp³-hybridized carbons (Fsp3) is 0.391. The summed E-state index contributed by atoms with van der Waals surface area (Å²) in [6.07, 6.45) is 0. The highest BCUT2D eigenvalue weighted by Crippen LogP contribution is 2.15. The summed E-state index contributed by atoms with van der Waals surface area (Å²) in [6, 6.07) is 14.4. The quantitative estimate of drug-likeness (QED) is 0.711. The average molecular weight is 429 g/mol. The number of hydrogen-bond acceptors (Lipinski definition) is 4. The Balaban J connectivity index is 1.49. The summed E-state index contributed by atoms with van der Waals surface area (Å²) in [7, 11) is 2.15. The van der Waals surface area contributed by atoms with E-state index in [4.69, 9.17) is 11.6 Å². The van der Waals surface area contributed by atoms with Crippen molar-refractivity contribution < 1.29 is 9.59 Å². The van der Waals surface area contributed by atoms with Crippen molar-refractivity contribution in [3.63, 3.8) is 0 Å². The lowest BCUT2D eigenvalue weighted by Crippen LogP contribution is -2.44.